The molecule has 0 radical (unpaired) electrons. The number of benzene rings is 2. The van der Waals surface area contributed by atoms with Crippen molar-refractivity contribution in [2.75, 3.05) is 42.2 Å². The molecule has 0 fully saturated rings. The second-order valence-corrected chi connectivity index (χ2v) is 7.06. The van der Waals surface area contributed by atoms with Crippen LogP contribution in [-0.2, 0) is 0 Å². The number of para-hydroxylation sites is 1. The molecule has 6 nitrogen and oxygen atoms in total. The molecule has 0 saturated heterocycles. The maximum absolute atomic E-state index is 12.7. The second-order valence-electron chi connectivity index (χ2n) is 6.21. The highest BCUT2D eigenvalue weighted by Gasteiger charge is 2.15. The third kappa shape index (κ3) is 5.09. The standard InChI is InChI=1S/C21H25N5OS/c1-3-26(14-13-22-2)18-11-9-17(10-12-18)24-20(27)19-21(28-15-23-19)25-16-7-5-4-6-8-16/h4-12,15,22,25H,3,13-14H2,1-2H3,(H,24,27). The molecule has 0 saturated carbocycles. The number of aromatic nitrogens is 1. The maximum Gasteiger partial charge on any atom is 0.277 e. The monoisotopic (exact) mass is 395 g/mol. The van der Waals surface area contributed by atoms with Crippen molar-refractivity contribution in [3.05, 3.63) is 65.8 Å². The average Bonchev–Trinajstić information content (AvgIpc) is 3.19. The van der Waals surface area contributed by atoms with E-state index in [0.717, 1.165) is 41.7 Å². The van der Waals surface area contributed by atoms with Crippen molar-refractivity contribution in [2.45, 2.75) is 6.92 Å². The van der Waals surface area contributed by atoms with Gasteiger partial charge in [0.2, 0.25) is 0 Å². The number of nitrogens with zero attached hydrogens (tertiary/aromatic N) is 2. The molecule has 0 bridgehead atoms. The van der Waals surface area contributed by atoms with Crippen LogP contribution in [0.15, 0.2) is 60.1 Å². The van der Waals surface area contributed by atoms with Crippen LogP contribution in [0.1, 0.15) is 17.4 Å². The molecule has 0 aliphatic carbocycles. The van der Waals surface area contributed by atoms with Gasteiger partial charge in [0, 0.05) is 36.7 Å². The summed E-state index contributed by atoms with van der Waals surface area (Å²) in [5.41, 5.74) is 4.87. The van der Waals surface area contributed by atoms with E-state index in [-0.39, 0.29) is 5.91 Å². The molecule has 146 valence electrons. The fraction of sp³-hybridized carbons (Fsp3) is 0.238. The van der Waals surface area contributed by atoms with E-state index in [0.29, 0.717) is 5.69 Å². The van der Waals surface area contributed by atoms with Gasteiger partial charge in [0.15, 0.2) is 5.69 Å². The quantitative estimate of drug-likeness (QED) is 0.507. The van der Waals surface area contributed by atoms with Crippen LogP contribution in [0.2, 0.25) is 0 Å². The molecule has 0 unspecified atom stereocenters. The minimum Gasteiger partial charge on any atom is -0.371 e. The zero-order valence-electron chi connectivity index (χ0n) is 16.1. The van der Waals surface area contributed by atoms with Crippen molar-refractivity contribution in [3.63, 3.8) is 0 Å². The van der Waals surface area contributed by atoms with E-state index < -0.39 is 0 Å². The summed E-state index contributed by atoms with van der Waals surface area (Å²) in [5.74, 6) is -0.227. The number of hydrogen-bond acceptors (Lipinski definition) is 6. The molecule has 1 heterocycles. The van der Waals surface area contributed by atoms with E-state index in [2.05, 4.69) is 32.8 Å². The van der Waals surface area contributed by atoms with E-state index in [9.17, 15) is 4.79 Å². The lowest BCUT2D eigenvalue weighted by Crippen LogP contribution is -2.30. The van der Waals surface area contributed by atoms with E-state index in [4.69, 9.17) is 0 Å². The first kappa shape index (κ1) is 19.9. The fourth-order valence-corrected chi connectivity index (χ4v) is 3.51. The Bertz CT molecular complexity index is 879. The molecule has 2 aromatic carbocycles. The number of thiazole rings is 1. The Labute approximate surface area is 169 Å². The number of anilines is 4. The van der Waals surface area contributed by atoms with Gasteiger partial charge in [-0.1, -0.05) is 18.2 Å². The Balaban J connectivity index is 1.66. The Morgan fingerprint density at radius 2 is 1.82 bits per heavy atom. The summed E-state index contributed by atoms with van der Waals surface area (Å²) in [4.78, 5) is 19.2. The normalized spacial score (nSPS) is 10.5. The average molecular weight is 396 g/mol. The van der Waals surface area contributed by atoms with Gasteiger partial charge in [0.25, 0.3) is 5.91 Å². The molecule has 0 aliphatic rings. The first-order valence-electron chi connectivity index (χ1n) is 9.27. The summed E-state index contributed by atoms with van der Waals surface area (Å²) in [6.45, 7) is 4.93. The molecule has 3 rings (SSSR count). The maximum atomic E-state index is 12.7. The van der Waals surface area contributed by atoms with Gasteiger partial charge >= 0.3 is 0 Å². The summed E-state index contributed by atoms with van der Waals surface area (Å²) >= 11 is 1.40. The molecular formula is C21H25N5OS. The molecule has 0 spiro atoms. The summed E-state index contributed by atoms with van der Waals surface area (Å²) in [6.07, 6.45) is 0. The van der Waals surface area contributed by atoms with Crippen LogP contribution >= 0.6 is 11.3 Å². The molecule has 1 aromatic heterocycles. The third-order valence-corrected chi connectivity index (χ3v) is 5.06. The topological polar surface area (TPSA) is 69.3 Å². The molecule has 3 aromatic rings. The highest BCUT2D eigenvalue weighted by atomic mass is 32.1. The predicted molar refractivity (Wildman–Crippen MR) is 118 cm³/mol. The molecular weight excluding hydrogens is 370 g/mol. The number of amides is 1. The van der Waals surface area contributed by atoms with Crippen molar-refractivity contribution >= 4 is 39.3 Å². The zero-order valence-corrected chi connectivity index (χ0v) is 16.9. The summed E-state index contributed by atoms with van der Waals surface area (Å²) in [6, 6.07) is 17.6. The van der Waals surface area contributed by atoms with Gasteiger partial charge in [0.1, 0.15) is 5.00 Å². The van der Waals surface area contributed by atoms with E-state index >= 15 is 0 Å². The molecule has 0 aliphatic heterocycles. The van der Waals surface area contributed by atoms with E-state index in [1.165, 1.54) is 11.3 Å². The third-order valence-electron chi connectivity index (χ3n) is 4.32. The van der Waals surface area contributed by atoms with Crippen LogP contribution in [0.25, 0.3) is 0 Å². The van der Waals surface area contributed by atoms with Gasteiger partial charge in [-0.2, -0.15) is 0 Å². The Morgan fingerprint density at radius 1 is 1.07 bits per heavy atom. The minimum absolute atomic E-state index is 0.227. The molecule has 1 amide bonds. The lowest BCUT2D eigenvalue weighted by Gasteiger charge is -2.23. The number of carbonyl (C=O) groups excluding carboxylic acids is 1. The number of nitrogens with one attached hydrogen (secondary N) is 3. The minimum atomic E-state index is -0.227. The highest BCUT2D eigenvalue weighted by Crippen LogP contribution is 2.26. The Hall–Kier alpha value is -2.90. The van der Waals surface area contributed by atoms with Crippen LogP contribution < -0.4 is 20.9 Å². The molecule has 0 atom stereocenters. The van der Waals surface area contributed by atoms with E-state index in [1.54, 1.807) is 5.51 Å². The zero-order chi connectivity index (χ0) is 19.8. The van der Waals surface area contributed by atoms with Gasteiger partial charge in [-0.05, 0) is 50.4 Å². The van der Waals surface area contributed by atoms with Crippen molar-refractivity contribution < 1.29 is 4.79 Å². The number of hydrogen-bond donors (Lipinski definition) is 3. The van der Waals surface area contributed by atoms with Gasteiger partial charge in [0.05, 0.1) is 5.51 Å². The first-order chi connectivity index (χ1) is 13.7. The predicted octanol–water partition coefficient (Wildman–Crippen LogP) is 4.18. The van der Waals surface area contributed by atoms with Gasteiger partial charge in [-0.3, -0.25) is 4.79 Å². The molecule has 28 heavy (non-hydrogen) atoms. The van der Waals surface area contributed by atoms with Crippen LogP contribution in [-0.4, -0.2) is 37.6 Å². The fourth-order valence-electron chi connectivity index (χ4n) is 2.81. The first-order valence-corrected chi connectivity index (χ1v) is 10.2. The lowest BCUT2D eigenvalue weighted by molar-refractivity contribution is 0.102. The van der Waals surface area contributed by atoms with Crippen LogP contribution in [0.5, 0.6) is 0 Å². The number of likely N-dealkylation sites (N-methyl/N-ethyl adjacent to an activating group) is 2. The summed E-state index contributed by atoms with van der Waals surface area (Å²) in [7, 11) is 1.95. The SMILES string of the molecule is CCN(CCNC)c1ccc(NC(=O)c2ncsc2Nc2ccccc2)cc1. The van der Waals surface area contributed by atoms with Gasteiger partial charge in [-0.25, -0.2) is 4.98 Å². The van der Waals surface area contributed by atoms with E-state index in [1.807, 2.05) is 61.6 Å². The highest BCUT2D eigenvalue weighted by molar-refractivity contribution is 7.14. The van der Waals surface area contributed by atoms with Gasteiger partial charge in [-0.15, -0.1) is 11.3 Å². The lowest BCUT2D eigenvalue weighted by atomic mass is 10.2. The van der Waals surface area contributed by atoms with Crippen molar-refractivity contribution in [3.8, 4) is 0 Å². The van der Waals surface area contributed by atoms with Gasteiger partial charge < -0.3 is 20.9 Å². The van der Waals surface area contributed by atoms with Crippen LogP contribution in [0.4, 0.5) is 22.1 Å². The summed E-state index contributed by atoms with van der Waals surface area (Å²) < 4.78 is 0. The Morgan fingerprint density at radius 3 is 2.50 bits per heavy atom. The smallest absolute Gasteiger partial charge is 0.277 e. The number of rotatable bonds is 9. The Kier molecular flexibility index (Phi) is 7.00. The van der Waals surface area contributed by atoms with Crippen molar-refractivity contribution in [1.29, 1.82) is 0 Å². The summed E-state index contributed by atoms with van der Waals surface area (Å²) in [5, 5.41) is 10.1. The van der Waals surface area contributed by atoms with Crippen LogP contribution in [0, 0.1) is 0 Å². The van der Waals surface area contributed by atoms with Crippen molar-refractivity contribution in [2.24, 2.45) is 0 Å². The largest absolute Gasteiger partial charge is 0.371 e. The van der Waals surface area contributed by atoms with Crippen molar-refractivity contribution in [1.82, 2.24) is 10.3 Å². The number of carbonyl (C=O) groups is 1. The molecule has 7 heteroatoms. The molecule has 3 N–H and O–H groups in total. The second kappa shape index (κ2) is 9.87. The van der Waals surface area contributed by atoms with Crippen LogP contribution in [0.3, 0.4) is 0 Å².